The number of hydrogen-bond donors (Lipinski definition) is 3. The molecule has 0 spiro atoms. The summed E-state index contributed by atoms with van der Waals surface area (Å²) in [6.45, 7) is 4.90. The first-order valence-corrected chi connectivity index (χ1v) is 10.6. The van der Waals surface area contributed by atoms with E-state index in [1.165, 1.54) is 0 Å². The minimum atomic E-state index is -0.641. The molecule has 2 heterocycles. The first kappa shape index (κ1) is 20.1. The van der Waals surface area contributed by atoms with Gasteiger partial charge in [-0.1, -0.05) is 44.2 Å². The molecule has 7 heteroatoms. The van der Waals surface area contributed by atoms with Crippen LogP contribution in [0.25, 0.3) is 10.6 Å². The molecule has 1 aliphatic heterocycles. The van der Waals surface area contributed by atoms with Crippen molar-refractivity contribution in [1.29, 1.82) is 5.41 Å². The molecule has 1 aromatic heterocycles. The van der Waals surface area contributed by atoms with Crippen molar-refractivity contribution in [2.24, 2.45) is 0 Å². The second-order valence-corrected chi connectivity index (χ2v) is 10.1. The van der Waals surface area contributed by atoms with Gasteiger partial charge in [-0.3, -0.25) is 10.7 Å². The van der Waals surface area contributed by atoms with E-state index in [0.717, 1.165) is 33.2 Å². The van der Waals surface area contributed by atoms with Gasteiger partial charge in [0.15, 0.2) is 0 Å². The SMILES string of the molecule is CN(C)C(=N)c1ccc(-c2nc(CNC(O)C3=CCC(C)(C)S3)cs2)cc1. The van der Waals surface area contributed by atoms with Gasteiger partial charge < -0.3 is 10.0 Å². The highest BCUT2D eigenvalue weighted by molar-refractivity contribution is 8.04. The van der Waals surface area contributed by atoms with E-state index in [0.29, 0.717) is 12.4 Å². The fourth-order valence-electron chi connectivity index (χ4n) is 2.77. The van der Waals surface area contributed by atoms with Gasteiger partial charge in [0.05, 0.1) is 5.69 Å². The summed E-state index contributed by atoms with van der Waals surface area (Å²) in [7, 11) is 3.73. The monoisotopic (exact) mass is 402 g/mol. The van der Waals surface area contributed by atoms with Crippen LogP contribution in [0.5, 0.6) is 0 Å². The Balaban J connectivity index is 1.59. The van der Waals surface area contributed by atoms with E-state index in [2.05, 4.69) is 30.2 Å². The maximum Gasteiger partial charge on any atom is 0.136 e. The van der Waals surface area contributed by atoms with Gasteiger partial charge in [0.2, 0.25) is 0 Å². The molecule has 0 amide bonds. The average Bonchev–Trinajstić information content (AvgIpc) is 3.25. The second-order valence-electron chi connectivity index (χ2n) is 7.42. The van der Waals surface area contributed by atoms with Crippen molar-refractivity contribution in [2.75, 3.05) is 14.1 Å². The molecule has 1 aliphatic rings. The maximum atomic E-state index is 10.3. The molecule has 1 aromatic carbocycles. The Hall–Kier alpha value is -1.67. The summed E-state index contributed by atoms with van der Waals surface area (Å²) in [5.74, 6) is 0.488. The minimum absolute atomic E-state index is 0.168. The average molecular weight is 403 g/mol. The lowest BCUT2D eigenvalue weighted by molar-refractivity contribution is 0.179. The van der Waals surface area contributed by atoms with Crippen LogP contribution in [0.4, 0.5) is 0 Å². The standard InChI is InChI=1S/C20H26N4OS2/c1-20(2)10-9-16(27-20)18(25)22-11-15-12-26-19(23-15)14-7-5-13(6-8-14)17(21)24(3)4/h5-9,12,18,21-22,25H,10-11H2,1-4H3. The molecule has 0 bridgehead atoms. The number of rotatable bonds is 6. The Morgan fingerprint density at radius 1 is 1.33 bits per heavy atom. The van der Waals surface area contributed by atoms with Crippen molar-refractivity contribution < 1.29 is 5.11 Å². The quantitative estimate of drug-likeness (QED) is 0.388. The zero-order valence-electron chi connectivity index (χ0n) is 16.1. The van der Waals surface area contributed by atoms with Crippen molar-refractivity contribution in [1.82, 2.24) is 15.2 Å². The number of aliphatic hydroxyl groups excluding tert-OH is 1. The Labute approximate surface area is 169 Å². The van der Waals surface area contributed by atoms with Crippen LogP contribution in [0, 0.1) is 5.41 Å². The fourth-order valence-corrected chi connectivity index (χ4v) is 4.76. The largest absolute Gasteiger partial charge is 0.374 e. The smallest absolute Gasteiger partial charge is 0.136 e. The molecule has 0 saturated heterocycles. The number of nitrogens with zero attached hydrogens (tertiary/aromatic N) is 2. The van der Waals surface area contributed by atoms with Crippen LogP contribution in [0.3, 0.4) is 0 Å². The van der Waals surface area contributed by atoms with Crippen molar-refractivity contribution in [3.63, 3.8) is 0 Å². The summed E-state index contributed by atoms with van der Waals surface area (Å²) in [5, 5.41) is 24.5. The summed E-state index contributed by atoms with van der Waals surface area (Å²) in [5.41, 5.74) is 2.84. The van der Waals surface area contributed by atoms with E-state index in [1.807, 2.05) is 43.7 Å². The normalized spacial score (nSPS) is 16.9. The third kappa shape index (κ3) is 4.99. The van der Waals surface area contributed by atoms with E-state index in [4.69, 9.17) is 5.41 Å². The van der Waals surface area contributed by atoms with Crippen LogP contribution in [-0.4, -0.2) is 45.9 Å². The summed E-state index contributed by atoms with van der Waals surface area (Å²) < 4.78 is 0.168. The predicted octanol–water partition coefficient (Wildman–Crippen LogP) is 3.90. The van der Waals surface area contributed by atoms with Crippen LogP contribution >= 0.6 is 23.1 Å². The molecule has 5 nitrogen and oxygen atoms in total. The zero-order valence-corrected chi connectivity index (χ0v) is 17.7. The Morgan fingerprint density at radius 2 is 2.04 bits per heavy atom. The highest BCUT2D eigenvalue weighted by Gasteiger charge is 2.28. The molecule has 0 radical (unpaired) electrons. The molecule has 3 rings (SSSR count). The third-order valence-electron chi connectivity index (χ3n) is 4.34. The molecule has 0 fully saturated rings. The molecule has 0 aliphatic carbocycles. The lowest BCUT2D eigenvalue weighted by atomic mass is 10.1. The summed E-state index contributed by atoms with van der Waals surface area (Å²) >= 11 is 3.32. The van der Waals surface area contributed by atoms with Gasteiger partial charge in [0.25, 0.3) is 0 Å². The van der Waals surface area contributed by atoms with E-state index in [-0.39, 0.29) is 4.75 Å². The van der Waals surface area contributed by atoms with Crippen LogP contribution in [0.1, 0.15) is 31.5 Å². The highest BCUT2D eigenvalue weighted by atomic mass is 32.2. The molecule has 27 heavy (non-hydrogen) atoms. The number of thiazole rings is 1. The number of amidine groups is 1. The van der Waals surface area contributed by atoms with Crippen LogP contribution in [0.2, 0.25) is 0 Å². The molecule has 1 atom stereocenters. The van der Waals surface area contributed by atoms with E-state index >= 15 is 0 Å². The predicted molar refractivity (Wildman–Crippen MR) is 115 cm³/mol. The molecule has 144 valence electrons. The number of hydrogen-bond acceptors (Lipinski definition) is 6. The Kier molecular flexibility index (Phi) is 6.05. The summed E-state index contributed by atoms with van der Waals surface area (Å²) in [6.07, 6.45) is 2.45. The van der Waals surface area contributed by atoms with E-state index in [1.54, 1.807) is 28.0 Å². The number of benzene rings is 1. The third-order valence-corrected chi connectivity index (χ3v) is 6.62. The minimum Gasteiger partial charge on any atom is -0.374 e. The van der Waals surface area contributed by atoms with Crippen molar-refractivity contribution >= 4 is 28.9 Å². The fraction of sp³-hybridized carbons (Fsp3) is 0.400. The van der Waals surface area contributed by atoms with Gasteiger partial charge in [0, 0.05) is 46.8 Å². The van der Waals surface area contributed by atoms with Gasteiger partial charge in [0.1, 0.15) is 17.1 Å². The van der Waals surface area contributed by atoms with Crippen molar-refractivity contribution in [2.45, 2.75) is 37.8 Å². The second kappa shape index (κ2) is 8.14. The first-order valence-electron chi connectivity index (χ1n) is 8.87. The van der Waals surface area contributed by atoms with Gasteiger partial charge in [-0.25, -0.2) is 4.98 Å². The Bertz CT molecular complexity index is 840. The zero-order chi connectivity index (χ0) is 19.6. The summed E-state index contributed by atoms with van der Waals surface area (Å²) in [4.78, 5) is 7.45. The van der Waals surface area contributed by atoms with Crippen LogP contribution < -0.4 is 5.32 Å². The molecular formula is C20H26N4OS2. The first-order chi connectivity index (χ1) is 12.7. The van der Waals surface area contributed by atoms with E-state index < -0.39 is 6.23 Å². The Morgan fingerprint density at radius 3 is 2.63 bits per heavy atom. The number of thioether (sulfide) groups is 1. The lowest BCUT2D eigenvalue weighted by Crippen LogP contribution is -2.29. The maximum absolute atomic E-state index is 10.3. The molecule has 2 aromatic rings. The van der Waals surface area contributed by atoms with E-state index in [9.17, 15) is 5.11 Å². The van der Waals surface area contributed by atoms with Crippen LogP contribution in [0.15, 0.2) is 40.6 Å². The number of nitrogens with one attached hydrogen (secondary N) is 2. The van der Waals surface area contributed by atoms with Crippen molar-refractivity contribution in [3.05, 3.63) is 51.9 Å². The lowest BCUT2D eigenvalue weighted by Gasteiger charge is -2.19. The highest BCUT2D eigenvalue weighted by Crippen LogP contribution is 2.42. The van der Waals surface area contributed by atoms with Gasteiger partial charge in [-0.2, -0.15) is 0 Å². The summed E-state index contributed by atoms with van der Waals surface area (Å²) in [6, 6.07) is 7.90. The molecule has 1 unspecified atom stereocenters. The number of allylic oxidation sites excluding steroid dienone is 1. The molecule has 3 N–H and O–H groups in total. The number of aliphatic hydroxyl groups is 1. The number of aromatic nitrogens is 1. The van der Waals surface area contributed by atoms with Crippen LogP contribution in [-0.2, 0) is 6.54 Å². The molecule has 0 saturated carbocycles. The topological polar surface area (TPSA) is 72.2 Å². The molecular weight excluding hydrogens is 376 g/mol. The van der Waals surface area contributed by atoms with Gasteiger partial charge >= 0.3 is 0 Å². The van der Waals surface area contributed by atoms with Gasteiger partial charge in [-0.05, 0) is 6.42 Å². The van der Waals surface area contributed by atoms with Gasteiger partial charge in [-0.15, -0.1) is 23.1 Å². The van der Waals surface area contributed by atoms with Crippen molar-refractivity contribution in [3.8, 4) is 10.6 Å².